The lowest BCUT2D eigenvalue weighted by Gasteiger charge is -1.78. The van der Waals surface area contributed by atoms with E-state index < -0.39 is 0 Å². The Morgan fingerprint density at radius 1 is 1.75 bits per heavy atom. The summed E-state index contributed by atoms with van der Waals surface area (Å²) < 4.78 is 0. The molecule has 0 fully saturated rings. The second-order valence-corrected chi connectivity index (χ2v) is 1.91. The molecule has 0 unspecified atom stereocenters. The van der Waals surface area contributed by atoms with Crippen LogP contribution in [0.25, 0.3) is 0 Å². The smallest absolute Gasteiger partial charge is 0.241 e. The van der Waals surface area contributed by atoms with E-state index in [0.29, 0.717) is 0 Å². The van der Waals surface area contributed by atoms with Crippen molar-refractivity contribution >= 4 is 17.7 Å². The summed E-state index contributed by atoms with van der Waals surface area (Å²) in [6, 6.07) is 0. The van der Waals surface area contributed by atoms with E-state index in [1.807, 2.05) is 0 Å². The quantitative estimate of drug-likeness (QED) is 0.533. The van der Waals surface area contributed by atoms with Gasteiger partial charge in [0.2, 0.25) is 5.12 Å². The van der Waals surface area contributed by atoms with Gasteiger partial charge < -0.3 is 0 Å². The highest BCUT2D eigenvalue weighted by atomic mass is 32.1. The van der Waals surface area contributed by atoms with E-state index in [-0.39, 0.29) is 5.12 Å². The first-order chi connectivity index (χ1) is 3.77. The SMILES string of the molecule is CCCC=CC(=O)[S]. The number of hydrogen-bond acceptors (Lipinski definition) is 1. The summed E-state index contributed by atoms with van der Waals surface area (Å²) >= 11 is 4.27. The van der Waals surface area contributed by atoms with Crippen LogP contribution >= 0.6 is 12.6 Å². The molecule has 0 aliphatic heterocycles. The molecule has 45 valence electrons. The fraction of sp³-hybridized carbons (Fsp3) is 0.500. The Morgan fingerprint density at radius 2 is 2.38 bits per heavy atom. The summed E-state index contributed by atoms with van der Waals surface area (Å²) in [6.07, 6.45) is 5.25. The molecule has 0 aromatic heterocycles. The van der Waals surface area contributed by atoms with Crippen molar-refractivity contribution in [1.82, 2.24) is 0 Å². The van der Waals surface area contributed by atoms with Gasteiger partial charge in [-0.05, 0) is 25.1 Å². The van der Waals surface area contributed by atoms with Crippen LogP contribution in [0.1, 0.15) is 19.8 Å². The summed E-state index contributed by atoms with van der Waals surface area (Å²) in [7, 11) is 0. The minimum atomic E-state index is -0.279. The number of allylic oxidation sites excluding steroid dienone is 1. The fourth-order valence-corrected chi connectivity index (χ4v) is 0.442. The topological polar surface area (TPSA) is 17.1 Å². The summed E-state index contributed by atoms with van der Waals surface area (Å²) in [5.74, 6) is 0. The fourth-order valence-electron chi connectivity index (χ4n) is 0.346. The normalized spacial score (nSPS) is 10.1. The molecule has 0 saturated heterocycles. The average Bonchev–Trinajstić information content (AvgIpc) is 1.66. The van der Waals surface area contributed by atoms with Crippen molar-refractivity contribution in [2.45, 2.75) is 19.8 Å². The van der Waals surface area contributed by atoms with Crippen LogP contribution in [0.3, 0.4) is 0 Å². The zero-order chi connectivity index (χ0) is 6.41. The Bertz CT molecular complexity index is 96.7. The molecule has 0 spiro atoms. The van der Waals surface area contributed by atoms with Gasteiger partial charge in [0.25, 0.3) is 0 Å². The van der Waals surface area contributed by atoms with Crippen LogP contribution in [0.15, 0.2) is 12.2 Å². The third-order valence-corrected chi connectivity index (χ3v) is 0.845. The van der Waals surface area contributed by atoms with Gasteiger partial charge in [-0.25, -0.2) is 0 Å². The molecule has 0 aliphatic rings. The summed E-state index contributed by atoms with van der Waals surface area (Å²) in [5.41, 5.74) is 0. The van der Waals surface area contributed by atoms with Crippen LogP contribution in [-0.4, -0.2) is 5.12 Å². The van der Waals surface area contributed by atoms with Crippen molar-refractivity contribution in [1.29, 1.82) is 0 Å². The van der Waals surface area contributed by atoms with E-state index in [2.05, 4.69) is 19.6 Å². The van der Waals surface area contributed by atoms with Gasteiger partial charge in [0, 0.05) is 0 Å². The highest BCUT2D eigenvalue weighted by Crippen LogP contribution is 1.89. The summed E-state index contributed by atoms with van der Waals surface area (Å²) in [6.45, 7) is 2.05. The van der Waals surface area contributed by atoms with Crippen LogP contribution in [-0.2, 0) is 4.79 Å². The van der Waals surface area contributed by atoms with E-state index in [9.17, 15) is 4.79 Å². The molecule has 0 aromatic carbocycles. The third-order valence-electron chi connectivity index (χ3n) is 0.709. The highest BCUT2D eigenvalue weighted by Gasteiger charge is 1.81. The van der Waals surface area contributed by atoms with Crippen LogP contribution in [0.4, 0.5) is 0 Å². The van der Waals surface area contributed by atoms with Crippen LogP contribution in [0, 0.1) is 0 Å². The Morgan fingerprint density at radius 3 is 2.75 bits per heavy atom. The third kappa shape index (κ3) is 5.63. The van der Waals surface area contributed by atoms with E-state index in [4.69, 9.17) is 0 Å². The van der Waals surface area contributed by atoms with Gasteiger partial charge >= 0.3 is 0 Å². The van der Waals surface area contributed by atoms with Crippen molar-refractivity contribution in [2.75, 3.05) is 0 Å². The van der Waals surface area contributed by atoms with Gasteiger partial charge in [-0.2, -0.15) is 0 Å². The molecule has 1 nitrogen and oxygen atoms in total. The number of hydrogen-bond donors (Lipinski definition) is 0. The maximum Gasteiger partial charge on any atom is 0.241 e. The molecule has 0 aromatic rings. The molecule has 0 amide bonds. The van der Waals surface area contributed by atoms with E-state index in [1.165, 1.54) is 6.08 Å². The average molecular weight is 129 g/mol. The van der Waals surface area contributed by atoms with Gasteiger partial charge in [-0.15, -0.1) is 0 Å². The Kier molecular flexibility index (Phi) is 4.56. The van der Waals surface area contributed by atoms with Crippen molar-refractivity contribution in [2.24, 2.45) is 0 Å². The molecule has 0 bridgehead atoms. The maximum absolute atomic E-state index is 10.0. The Labute approximate surface area is 55.2 Å². The van der Waals surface area contributed by atoms with Gasteiger partial charge in [0.15, 0.2) is 0 Å². The highest BCUT2D eigenvalue weighted by molar-refractivity contribution is 7.97. The van der Waals surface area contributed by atoms with Crippen molar-refractivity contribution in [3.63, 3.8) is 0 Å². The first-order valence-electron chi connectivity index (χ1n) is 2.65. The predicted octanol–water partition coefficient (Wildman–Crippen LogP) is 2.07. The van der Waals surface area contributed by atoms with Gasteiger partial charge in [-0.3, -0.25) is 4.79 Å². The first-order valence-corrected chi connectivity index (χ1v) is 3.05. The Balaban J connectivity index is 3.20. The molecule has 0 heterocycles. The summed E-state index contributed by atoms with van der Waals surface area (Å²) in [5, 5.41) is -0.279. The molecule has 8 heavy (non-hydrogen) atoms. The second kappa shape index (κ2) is 4.78. The van der Waals surface area contributed by atoms with Crippen molar-refractivity contribution in [3.8, 4) is 0 Å². The molecule has 0 rings (SSSR count). The zero-order valence-corrected chi connectivity index (χ0v) is 5.70. The number of rotatable bonds is 3. The maximum atomic E-state index is 10.0. The minimum absolute atomic E-state index is 0.279. The molecule has 0 N–H and O–H groups in total. The molecule has 0 atom stereocenters. The Hall–Kier alpha value is -0.370. The van der Waals surface area contributed by atoms with E-state index in [1.54, 1.807) is 6.08 Å². The first kappa shape index (κ1) is 7.63. The van der Waals surface area contributed by atoms with Crippen molar-refractivity contribution < 1.29 is 4.79 Å². The molecule has 0 saturated carbocycles. The second-order valence-electron chi connectivity index (χ2n) is 1.51. The molecular weight excluding hydrogens is 120 g/mol. The monoisotopic (exact) mass is 129 g/mol. The lowest BCUT2D eigenvalue weighted by molar-refractivity contribution is -0.106. The standard InChI is InChI=1S/C6H9OS/c1-2-3-4-5-6(7)8/h4-5H,2-3H2,1H3. The largest absolute Gasteiger partial charge is 0.277 e. The molecule has 1 radical (unpaired) electrons. The lowest BCUT2D eigenvalue weighted by Crippen LogP contribution is -1.73. The molecule has 0 aliphatic carbocycles. The lowest BCUT2D eigenvalue weighted by atomic mass is 10.3. The van der Waals surface area contributed by atoms with Crippen LogP contribution in [0.5, 0.6) is 0 Å². The predicted molar refractivity (Wildman–Crippen MR) is 36.6 cm³/mol. The summed E-state index contributed by atoms with van der Waals surface area (Å²) in [4.78, 5) is 10.0. The van der Waals surface area contributed by atoms with E-state index >= 15 is 0 Å². The van der Waals surface area contributed by atoms with Gasteiger partial charge in [0.05, 0.1) is 0 Å². The zero-order valence-electron chi connectivity index (χ0n) is 4.89. The van der Waals surface area contributed by atoms with Crippen LogP contribution in [0.2, 0.25) is 0 Å². The minimum Gasteiger partial charge on any atom is -0.277 e. The van der Waals surface area contributed by atoms with Gasteiger partial charge in [0.1, 0.15) is 0 Å². The number of carbonyl (C=O) groups excluding carboxylic acids is 1. The van der Waals surface area contributed by atoms with E-state index in [0.717, 1.165) is 12.8 Å². The number of unbranched alkanes of at least 4 members (excludes halogenated alkanes) is 1. The van der Waals surface area contributed by atoms with Gasteiger partial charge in [-0.1, -0.05) is 19.4 Å². The van der Waals surface area contributed by atoms with Crippen LogP contribution < -0.4 is 0 Å². The number of carbonyl (C=O) groups is 1. The molecule has 2 heteroatoms. The molecular formula is C6H9OS. The van der Waals surface area contributed by atoms with Crippen molar-refractivity contribution in [3.05, 3.63) is 12.2 Å².